The molecular formula is C8H13F2N. The number of rotatable bonds is 2. The molecule has 0 aromatic carbocycles. The molecule has 1 nitrogen and oxygen atoms in total. The number of halogens is 2. The Morgan fingerprint density at radius 3 is 2.36 bits per heavy atom. The van der Waals surface area contributed by atoms with Gasteiger partial charge in [-0.3, -0.25) is 4.90 Å². The highest BCUT2D eigenvalue weighted by molar-refractivity contribution is 5.02. The second-order valence-electron chi connectivity index (χ2n) is 3.80. The van der Waals surface area contributed by atoms with E-state index in [2.05, 4.69) is 6.92 Å². The lowest BCUT2D eigenvalue weighted by atomic mass is 10.3. The molecule has 1 aliphatic heterocycles. The quantitative estimate of drug-likeness (QED) is 0.592. The highest BCUT2D eigenvalue weighted by Gasteiger charge is 2.52. The van der Waals surface area contributed by atoms with E-state index in [1.165, 1.54) is 0 Å². The fraction of sp³-hybridized carbons (Fsp3) is 1.00. The first-order chi connectivity index (χ1) is 5.18. The highest BCUT2D eigenvalue weighted by Crippen LogP contribution is 2.51. The van der Waals surface area contributed by atoms with E-state index in [0.717, 1.165) is 30.8 Å². The molecule has 64 valence electrons. The lowest BCUT2D eigenvalue weighted by Crippen LogP contribution is -2.29. The largest absolute Gasteiger partial charge is 0.297 e. The van der Waals surface area contributed by atoms with Gasteiger partial charge in [0.05, 0.1) is 6.54 Å². The van der Waals surface area contributed by atoms with Crippen LogP contribution in [-0.2, 0) is 0 Å². The van der Waals surface area contributed by atoms with Gasteiger partial charge in [0.1, 0.15) is 0 Å². The predicted octanol–water partition coefficient (Wildman–Crippen LogP) is 1.45. The van der Waals surface area contributed by atoms with Crippen LogP contribution >= 0.6 is 0 Å². The summed E-state index contributed by atoms with van der Waals surface area (Å²) in [4.78, 5) is 1.89. The standard InChI is InChI=1S/C8H13F2N/c1-5-6-2-11(3-7(5)6)4-8(9)10/h5-8H,2-4H2,1H3/t5?,6-,7+. The lowest BCUT2D eigenvalue weighted by molar-refractivity contribution is 0.0923. The van der Waals surface area contributed by atoms with E-state index in [1.807, 2.05) is 4.90 Å². The second-order valence-corrected chi connectivity index (χ2v) is 3.80. The minimum Gasteiger partial charge on any atom is -0.297 e. The molecule has 11 heavy (non-hydrogen) atoms. The first kappa shape index (κ1) is 7.47. The topological polar surface area (TPSA) is 3.24 Å². The first-order valence-electron chi connectivity index (χ1n) is 4.19. The molecule has 0 radical (unpaired) electrons. The van der Waals surface area contributed by atoms with Gasteiger partial charge in [-0.25, -0.2) is 8.78 Å². The molecule has 0 N–H and O–H groups in total. The van der Waals surface area contributed by atoms with Crippen molar-refractivity contribution in [3.05, 3.63) is 0 Å². The number of nitrogens with zero attached hydrogens (tertiary/aromatic N) is 1. The molecule has 1 heterocycles. The molecular weight excluding hydrogens is 148 g/mol. The monoisotopic (exact) mass is 161 g/mol. The van der Waals surface area contributed by atoms with E-state index in [0.29, 0.717) is 0 Å². The van der Waals surface area contributed by atoms with Crippen LogP contribution in [0, 0.1) is 17.8 Å². The Labute approximate surface area is 65.4 Å². The molecule has 1 saturated carbocycles. The fourth-order valence-electron chi connectivity index (χ4n) is 2.26. The molecule has 2 rings (SSSR count). The second kappa shape index (κ2) is 2.41. The van der Waals surface area contributed by atoms with Crippen molar-refractivity contribution in [2.24, 2.45) is 17.8 Å². The smallest absolute Gasteiger partial charge is 0.251 e. The van der Waals surface area contributed by atoms with Gasteiger partial charge in [0.15, 0.2) is 0 Å². The van der Waals surface area contributed by atoms with Crippen molar-refractivity contribution in [1.82, 2.24) is 4.90 Å². The molecule has 1 saturated heterocycles. The summed E-state index contributed by atoms with van der Waals surface area (Å²) in [6.07, 6.45) is -2.15. The Morgan fingerprint density at radius 2 is 1.91 bits per heavy atom. The van der Waals surface area contributed by atoms with Gasteiger partial charge < -0.3 is 0 Å². The highest BCUT2D eigenvalue weighted by atomic mass is 19.3. The summed E-state index contributed by atoms with van der Waals surface area (Å²) in [6.45, 7) is 4.03. The Morgan fingerprint density at radius 1 is 1.36 bits per heavy atom. The molecule has 0 spiro atoms. The number of hydrogen-bond acceptors (Lipinski definition) is 1. The van der Waals surface area contributed by atoms with Gasteiger partial charge in [0.2, 0.25) is 0 Å². The first-order valence-corrected chi connectivity index (χ1v) is 4.19. The van der Waals surface area contributed by atoms with Gasteiger partial charge in [-0.05, 0) is 17.8 Å². The van der Waals surface area contributed by atoms with Crippen molar-refractivity contribution in [1.29, 1.82) is 0 Å². The van der Waals surface area contributed by atoms with Gasteiger partial charge in [0.25, 0.3) is 6.43 Å². The zero-order valence-electron chi connectivity index (χ0n) is 6.63. The number of alkyl halides is 2. The van der Waals surface area contributed by atoms with Crippen LogP contribution in [0.15, 0.2) is 0 Å². The van der Waals surface area contributed by atoms with Crippen LogP contribution in [0.25, 0.3) is 0 Å². The van der Waals surface area contributed by atoms with Crippen LogP contribution in [0.5, 0.6) is 0 Å². The molecule has 3 heteroatoms. The van der Waals surface area contributed by atoms with E-state index in [1.54, 1.807) is 0 Å². The van der Waals surface area contributed by atoms with Gasteiger partial charge in [-0.15, -0.1) is 0 Å². The SMILES string of the molecule is CC1[C@H]2CN(CC(F)F)C[C@@H]12. The summed E-state index contributed by atoms with van der Waals surface area (Å²) in [7, 11) is 0. The van der Waals surface area contributed by atoms with Crippen molar-refractivity contribution in [2.75, 3.05) is 19.6 Å². The maximum Gasteiger partial charge on any atom is 0.251 e. The summed E-state index contributed by atoms with van der Waals surface area (Å²) < 4.78 is 23.8. The zero-order chi connectivity index (χ0) is 8.01. The lowest BCUT2D eigenvalue weighted by Gasteiger charge is -2.17. The van der Waals surface area contributed by atoms with E-state index >= 15 is 0 Å². The molecule has 0 amide bonds. The average Bonchev–Trinajstić information content (AvgIpc) is 2.44. The van der Waals surface area contributed by atoms with Gasteiger partial charge in [-0.1, -0.05) is 6.92 Å². The molecule has 0 bridgehead atoms. The Bertz CT molecular complexity index is 148. The fourth-order valence-corrected chi connectivity index (χ4v) is 2.26. The number of likely N-dealkylation sites (tertiary alicyclic amines) is 1. The third-order valence-corrected chi connectivity index (χ3v) is 3.09. The molecule has 3 atom stereocenters. The summed E-state index contributed by atoms with van der Waals surface area (Å²) in [5, 5.41) is 0. The minimum absolute atomic E-state index is 0.0142. The molecule has 1 unspecified atom stereocenters. The van der Waals surface area contributed by atoms with Crippen LogP contribution in [0.1, 0.15) is 6.92 Å². The maximum atomic E-state index is 11.9. The van der Waals surface area contributed by atoms with Gasteiger partial charge in [0, 0.05) is 13.1 Å². The number of hydrogen-bond donors (Lipinski definition) is 0. The van der Waals surface area contributed by atoms with Crippen LogP contribution < -0.4 is 0 Å². The minimum atomic E-state index is -2.15. The van der Waals surface area contributed by atoms with Crippen molar-refractivity contribution in [3.8, 4) is 0 Å². The Hall–Kier alpha value is -0.180. The molecule has 1 aliphatic carbocycles. The maximum absolute atomic E-state index is 11.9. The van der Waals surface area contributed by atoms with Crippen LogP contribution in [0.4, 0.5) is 8.78 Å². The van der Waals surface area contributed by atoms with E-state index in [-0.39, 0.29) is 6.54 Å². The van der Waals surface area contributed by atoms with E-state index in [4.69, 9.17) is 0 Å². The summed E-state index contributed by atoms with van der Waals surface area (Å²) in [5.41, 5.74) is 0. The van der Waals surface area contributed by atoms with Crippen molar-refractivity contribution in [3.63, 3.8) is 0 Å². The third-order valence-electron chi connectivity index (χ3n) is 3.09. The van der Waals surface area contributed by atoms with Crippen LogP contribution in [0.3, 0.4) is 0 Å². The van der Waals surface area contributed by atoms with Crippen molar-refractivity contribution < 1.29 is 8.78 Å². The van der Waals surface area contributed by atoms with Crippen molar-refractivity contribution in [2.45, 2.75) is 13.3 Å². The zero-order valence-corrected chi connectivity index (χ0v) is 6.63. The molecule has 0 aromatic rings. The van der Waals surface area contributed by atoms with Gasteiger partial charge >= 0.3 is 0 Å². The average molecular weight is 161 g/mol. The number of piperidine rings is 1. The summed E-state index contributed by atoms with van der Waals surface area (Å²) >= 11 is 0. The van der Waals surface area contributed by atoms with E-state index < -0.39 is 6.43 Å². The Kier molecular flexibility index (Phi) is 1.63. The molecule has 2 fully saturated rings. The normalized spacial score (nSPS) is 43.1. The van der Waals surface area contributed by atoms with E-state index in [9.17, 15) is 8.78 Å². The molecule has 2 aliphatic rings. The summed E-state index contributed by atoms with van der Waals surface area (Å²) in [5.74, 6) is 2.30. The predicted molar refractivity (Wildman–Crippen MR) is 38.6 cm³/mol. The van der Waals surface area contributed by atoms with Crippen LogP contribution in [-0.4, -0.2) is 31.0 Å². The van der Waals surface area contributed by atoms with Gasteiger partial charge in [-0.2, -0.15) is 0 Å². The van der Waals surface area contributed by atoms with Crippen molar-refractivity contribution >= 4 is 0 Å². The summed E-state index contributed by atoms with van der Waals surface area (Å²) in [6, 6.07) is 0. The third kappa shape index (κ3) is 1.26. The Balaban J connectivity index is 1.77. The van der Waals surface area contributed by atoms with Crippen LogP contribution in [0.2, 0.25) is 0 Å². The number of fused-ring (bicyclic) bond motifs is 1. The molecule has 0 aromatic heterocycles.